The molecule has 10 heteroatoms. The predicted molar refractivity (Wildman–Crippen MR) is 119 cm³/mol. The molecule has 3 aromatic rings. The Kier molecular flexibility index (Phi) is 6.33. The van der Waals surface area contributed by atoms with Crippen LogP contribution in [0, 0.1) is 5.82 Å². The number of carbonyl (C=O) groups excluding carboxylic acids is 2. The topological polar surface area (TPSA) is 91.6 Å². The SMILES string of the molecule is O=CCn1c(N2C[C@H](F)C[C@H]2C(=O)NCc2cccc(Cl)c2F)cc2ccc(C(=O)O)cc21. The Balaban J connectivity index is 1.64. The van der Waals surface area contributed by atoms with Crippen molar-refractivity contribution in [1.29, 1.82) is 0 Å². The summed E-state index contributed by atoms with van der Waals surface area (Å²) in [6, 6.07) is 9.73. The van der Waals surface area contributed by atoms with Crippen LogP contribution >= 0.6 is 11.6 Å². The third-order valence-corrected chi connectivity index (χ3v) is 6.01. The molecule has 4 rings (SSSR count). The van der Waals surface area contributed by atoms with Crippen LogP contribution in [0.5, 0.6) is 0 Å². The summed E-state index contributed by atoms with van der Waals surface area (Å²) in [5, 5.41) is 12.5. The third-order valence-electron chi connectivity index (χ3n) is 5.72. The number of carboxylic acids is 1. The van der Waals surface area contributed by atoms with Gasteiger partial charge in [0.25, 0.3) is 0 Å². The monoisotopic (exact) mass is 475 g/mol. The van der Waals surface area contributed by atoms with Crippen LogP contribution in [0.15, 0.2) is 42.5 Å². The molecule has 2 heterocycles. The second-order valence-electron chi connectivity index (χ2n) is 7.79. The Bertz CT molecular complexity index is 1250. The van der Waals surface area contributed by atoms with E-state index < -0.39 is 29.9 Å². The fourth-order valence-corrected chi connectivity index (χ4v) is 4.34. The second-order valence-corrected chi connectivity index (χ2v) is 8.20. The number of benzene rings is 2. The first-order valence-corrected chi connectivity index (χ1v) is 10.6. The molecule has 0 bridgehead atoms. The van der Waals surface area contributed by atoms with Gasteiger partial charge in [0.05, 0.1) is 29.2 Å². The summed E-state index contributed by atoms with van der Waals surface area (Å²) < 4.78 is 30.1. The van der Waals surface area contributed by atoms with Crippen LogP contribution in [0.3, 0.4) is 0 Å². The quantitative estimate of drug-likeness (QED) is 0.510. The molecule has 0 radical (unpaired) electrons. The smallest absolute Gasteiger partial charge is 0.335 e. The highest BCUT2D eigenvalue weighted by Gasteiger charge is 2.38. The summed E-state index contributed by atoms with van der Waals surface area (Å²) in [7, 11) is 0. The zero-order valence-electron chi connectivity index (χ0n) is 17.3. The molecule has 1 aliphatic heterocycles. The van der Waals surface area contributed by atoms with Crippen molar-refractivity contribution in [3.05, 3.63) is 64.4 Å². The number of hydrogen-bond donors (Lipinski definition) is 2. The maximum absolute atomic E-state index is 14.4. The van der Waals surface area contributed by atoms with Crippen LogP contribution in [0.4, 0.5) is 14.6 Å². The van der Waals surface area contributed by atoms with Gasteiger partial charge in [0, 0.05) is 23.9 Å². The minimum absolute atomic E-state index is 0.0435. The number of anilines is 1. The molecule has 0 aliphatic carbocycles. The summed E-state index contributed by atoms with van der Waals surface area (Å²) >= 11 is 5.78. The van der Waals surface area contributed by atoms with E-state index in [1.807, 2.05) is 0 Å². The highest BCUT2D eigenvalue weighted by molar-refractivity contribution is 6.30. The summed E-state index contributed by atoms with van der Waals surface area (Å²) in [6.45, 7) is -0.298. The maximum Gasteiger partial charge on any atom is 0.335 e. The van der Waals surface area contributed by atoms with Crippen LogP contribution < -0.4 is 10.2 Å². The average molecular weight is 476 g/mol. The van der Waals surface area contributed by atoms with E-state index in [4.69, 9.17) is 11.6 Å². The molecule has 1 fully saturated rings. The average Bonchev–Trinajstić information content (AvgIpc) is 3.35. The van der Waals surface area contributed by atoms with Crippen molar-refractivity contribution < 1.29 is 28.3 Å². The molecule has 33 heavy (non-hydrogen) atoms. The lowest BCUT2D eigenvalue weighted by Crippen LogP contribution is -2.44. The summed E-state index contributed by atoms with van der Waals surface area (Å²) in [5.41, 5.74) is 0.731. The van der Waals surface area contributed by atoms with Crippen molar-refractivity contribution in [2.75, 3.05) is 11.4 Å². The van der Waals surface area contributed by atoms with Gasteiger partial charge in [0.15, 0.2) is 0 Å². The van der Waals surface area contributed by atoms with Gasteiger partial charge in [0.1, 0.15) is 30.1 Å². The van der Waals surface area contributed by atoms with E-state index in [0.29, 0.717) is 23.0 Å². The first-order chi connectivity index (χ1) is 15.8. The molecule has 7 nitrogen and oxygen atoms in total. The van der Waals surface area contributed by atoms with Gasteiger partial charge in [-0.15, -0.1) is 0 Å². The standard InChI is InChI=1S/C23H20ClF2N3O4/c24-17-3-1-2-15(21(17)26)11-27-22(31)19-10-16(25)12-29(19)20-9-13-4-5-14(23(32)33)8-18(13)28(20)6-7-30/h1-5,7-9,16,19H,6,10-12H2,(H,27,31)(H,32,33)/t16-,19+/m1/s1. The van der Waals surface area contributed by atoms with E-state index in [9.17, 15) is 28.3 Å². The number of carboxylic acid groups (broad SMARTS) is 1. The Morgan fingerprint density at radius 3 is 2.76 bits per heavy atom. The molecular weight excluding hydrogens is 456 g/mol. The number of rotatable bonds is 7. The number of nitrogens with zero attached hydrogens (tertiary/aromatic N) is 2. The number of aldehydes is 1. The summed E-state index contributed by atoms with van der Waals surface area (Å²) in [5.74, 6) is -1.82. The zero-order valence-corrected chi connectivity index (χ0v) is 18.1. The number of alkyl halides is 1. The molecule has 1 saturated heterocycles. The second kappa shape index (κ2) is 9.19. The van der Waals surface area contributed by atoms with Crippen molar-refractivity contribution in [3.8, 4) is 0 Å². The normalized spacial score (nSPS) is 18.0. The molecule has 1 aromatic heterocycles. The van der Waals surface area contributed by atoms with Gasteiger partial charge in [-0.25, -0.2) is 13.6 Å². The molecule has 2 N–H and O–H groups in total. The van der Waals surface area contributed by atoms with Crippen LogP contribution in [0.2, 0.25) is 5.02 Å². The van der Waals surface area contributed by atoms with Crippen LogP contribution in [-0.4, -0.2) is 46.6 Å². The molecule has 0 unspecified atom stereocenters. The number of fused-ring (bicyclic) bond motifs is 1. The van der Waals surface area contributed by atoms with Gasteiger partial charge >= 0.3 is 5.97 Å². The van der Waals surface area contributed by atoms with Crippen molar-refractivity contribution >= 4 is 46.5 Å². The number of aromatic nitrogens is 1. The first-order valence-electron chi connectivity index (χ1n) is 10.2. The predicted octanol–water partition coefficient (Wildman–Crippen LogP) is 3.56. The minimum atomic E-state index is -1.29. The molecule has 0 spiro atoms. The zero-order chi connectivity index (χ0) is 23.7. The first kappa shape index (κ1) is 22.7. The minimum Gasteiger partial charge on any atom is -0.478 e. The van der Waals surface area contributed by atoms with Gasteiger partial charge in [-0.05, 0) is 24.3 Å². The van der Waals surface area contributed by atoms with E-state index in [0.717, 1.165) is 0 Å². The van der Waals surface area contributed by atoms with Crippen molar-refractivity contribution in [2.24, 2.45) is 0 Å². The van der Waals surface area contributed by atoms with Crippen LogP contribution in [-0.2, 0) is 22.7 Å². The van der Waals surface area contributed by atoms with Gasteiger partial charge in [-0.1, -0.05) is 29.8 Å². The highest BCUT2D eigenvalue weighted by atomic mass is 35.5. The van der Waals surface area contributed by atoms with E-state index in [1.165, 1.54) is 24.3 Å². The number of nitrogens with one attached hydrogen (secondary N) is 1. The maximum atomic E-state index is 14.4. The van der Waals surface area contributed by atoms with Crippen LogP contribution in [0.25, 0.3) is 10.9 Å². The van der Waals surface area contributed by atoms with E-state index >= 15 is 0 Å². The Labute approximate surface area is 192 Å². The molecule has 2 atom stereocenters. The lowest BCUT2D eigenvalue weighted by molar-refractivity contribution is -0.122. The van der Waals surface area contributed by atoms with Crippen molar-refractivity contribution in [2.45, 2.75) is 31.7 Å². The molecule has 1 aliphatic rings. The number of hydrogen-bond acceptors (Lipinski definition) is 4. The summed E-state index contributed by atoms with van der Waals surface area (Å²) in [4.78, 5) is 37.2. The lowest BCUT2D eigenvalue weighted by atomic mass is 10.1. The highest BCUT2D eigenvalue weighted by Crippen LogP contribution is 2.33. The van der Waals surface area contributed by atoms with Gasteiger partial charge < -0.3 is 24.7 Å². The Morgan fingerprint density at radius 1 is 1.24 bits per heavy atom. The van der Waals surface area contributed by atoms with Gasteiger partial charge in [-0.2, -0.15) is 0 Å². The molecule has 172 valence electrons. The van der Waals surface area contributed by atoms with E-state index in [-0.39, 0.29) is 42.2 Å². The molecule has 1 amide bonds. The van der Waals surface area contributed by atoms with Crippen LogP contribution in [0.1, 0.15) is 22.3 Å². The molecular formula is C23H20ClF2N3O4. The van der Waals surface area contributed by atoms with Crippen molar-refractivity contribution in [1.82, 2.24) is 9.88 Å². The number of carbonyl (C=O) groups is 3. The number of aromatic carboxylic acids is 1. The largest absolute Gasteiger partial charge is 0.478 e. The lowest BCUT2D eigenvalue weighted by Gasteiger charge is -2.26. The van der Waals surface area contributed by atoms with Gasteiger partial charge in [0.2, 0.25) is 5.91 Å². The molecule has 0 saturated carbocycles. The van der Waals surface area contributed by atoms with E-state index in [2.05, 4.69) is 5.32 Å². The number of halogens is 3. The summed E-state index contributed by atoms with van der Waals surface area (Å²) in [6.07, 6.45) is -0.718. The van der Waals surface area contributed by atoms with E-state index in [1.54, 1.807) is 27.7 Å². The van der Waals surface area contributed by atoms with Gasteiger partial charge in [-0.3, -0.25) is 4.79 Å². The Hall–Kier alpha value is -3.46. The Morgan fingerprint density at radius 2 is 2.03 bits per heavy atom. The molecule has 2 aromatic carbocycles. The number of amides is 1. The fourth-order valence-electron chi connectivity index (χ4n) is 4.15. The van der Waals surface area contributed by atoms with Crippen molar-refractivity contribution in [3.63, 3.8) is 0 Å². The third kappa shape index (κ3) is 4.41. The fraction of sp³-hybridized carbons (Fsp3) is 0.261.